The fourth-order valence-electron chi connectivity index (χ4n) is 8.82. The maximum Gasteiger partial charge on any atom is 0.268 e. The summed E-state index contributed by atoms with van der Waals surface area (Å²) in [6.45, 7) is -11.8. The second-order valence-electron chi connectivity index (χ2n) is 17.2. The zero-order valence-electron chi connectivity index (χ0n) is 58.6. The van der Waals surface area contributed by atoms with E-state index in [2.05, 4.69) is 23.4 Å². The van der Waals surface area contributed by atoms with E-state index in [1.54, 1.807) is 86.5 Å². The van der Waals surface area contributed by atoms with Crippen molar-refractivity contribution in [2.45, 2.75) is 77.7 Å². The first-order valence-electron chi connectivity index (χ1n) is 32.3. The Morgan fingerprint density at radius 3 is 2.29 bits per heavy atom. The smallest absolute Gasteiger partial charge is 0.268 e. The molecule has 0 amide bonds. The van der Waals surface area contributed by atoms with Gasteiger partial charge in [-0.2, -0.15) is 18.2 Å². The van der Waals surface area contributed by atoms with Gasteiger partial charge in [-0.05, 0) is 91.7 Å². The van der Waals surface area contributed by atoms with E-state index < -0.39 is 122 Å². The van der Waals surface area contributed by atoms with Crippen LogP contribution < -0.4 is 9.30 Å². The maximum absolute atomic E-state index is 9.97. The molecule has 66 heavy (non-hydrogen) atoms. The van der Waals surface area contributed by atoms with Crippen LogP contribution in [0.1, 0.15) is 108 Å². The summed E-state index contributed by atoms with van der Waals surface area (Å²) in [5.74, 6) is 0.493. The van der Waals surface area contributed by atoms with E-state index in [1.165, 1.54) is 18.3 Å². The van der Waals surface area contributed by atoms with Gasteiger partial charge < -0.3 is 13.9 Å². The number of para-hydroxylation sites is 4. The molecule has 10 aromatic rings. The molecular formula is C60H52N4OPt-2. The van der Waals surface area contributed by atoms with E-state index in [0.29, 0.717) is 38.7 Å². The molecule has 5 nitrogen and oxygen atoms in total. The minimum absolute atomic E-state index is 0. The van der Waals surface area contributed by atoms with Crippen molar-refractivity contribution in [3.05, 3.63) is 198 Å². The summed E-state index contributed by atoms with van der Waals surface area (Å²) in [6.07, 6.45) is 3.07. The number of benzene rings is 7. The van der Waals surface area contributed by atoms with Crippen LogP contribution in [0.25, 0.3) is 72.3 Å². The summed E-state index contributed by atoms with van der Waals surface area (Å²) in [5, 5.41) is 1.43. The molecule has 0 unspecified atom stereocenters. The number of aryl methyl sites for hydroxylation is 1. The van der Waals surface area contributed by atoms with Gasteiger partial charge in [-0.25, -0.2) is 4.98 Å². The van der Waals surface area contributed by atoms with E-state index in [1.807, 2.05) is 39.0 Å². The summed E-state index contributed by atoms with van der Waals surface area (Å²) < 4.78 is 213. The average molecular weight is 1060 g/mol. The van der Waals surface area contributed by atoms with Gasteiger partial charge in [0.1, 0.15) is 5.82 Å². The molecule has 330 valence electrons. The number of fused-ring (bicyclic) bond motifs is 5. The van der Waals surface area contributed by atoms with Crippen molar-refractivity contribution in [2.24, 2.45) is 0 Å². The van der Waals surface area contributed by atoms with E-state index >= 15 is 0 Å². The first-order chi connectivity index (χ1) is 40.8. The number of pyridine rings is 1. The average Bonchev–Trinajstić information content (AvgIpc) is 1.50. The summed E-state index contributed by atoms with van der Waals surface area (Å²) in [5.41, 5.74) is -7.34. The molecule has 6 heteroatoms. The van der Waals surface area contributed by atoms with Gasteiger partial charge in [0.25, 0.3) is 6.33 Å². The van der Waals surface area contributed by atoms with E-state index in [9.17, 15) is 4.11 Å². The molecule has 7 aromatic carbocycles. The molecule has 1 aliphatic rings. The van der Waals surface area contributed by atoms with Crippen molar-refractivity contribution in [1.82, 2.24) is 14.1 Å². The van der Waals surface area contributed by atoms with Crippen molar-refractivity contribution in [3.63, 3.8) is 0 Å². The van der Waals surface area contributed by atoms with Crippen molar-refractivity contribution < 1.29 is 61.9 Å². The molecular weight excluding hydrogens is 988 g/mol. The van der Waals surface area contributed by atoms with Gasteiger partial charge in [0.2, 0.25) is 0 Å². The van der Waals surface area contributed by atoms with Gasteiger partial charge >= 0.3 is 0 Å². The molecule has 3 heterocycles. The van der Waals surface area contributed by atoms with E-state index in [0.717, 1.165) is 5.39 Å². The van der Waals surface area contributed by atoms with Gasteiger partial charge in [-0.3, -0.25) is 4.57 Å². The number of nitrogens with zero attached hydrogens (tertiary/aromatic N) is 4. The number of hydrogen-bond donors (Lipinski definition) is 0. The van der Waals surface area contributed by atoms with Crippen LogP contribution in [-0.4, -0.2) is 14.1 Å². The van der Waals surface area contributed by atoms with Gasteiger partial charge in [-0.15, -0.1) is 29.7 Å². The topological polar surface area (TPSA) is 35.9 Å². The molecule has 0 atom stereocenters. The van der Waals surface area contributed by atoms with Crippen molar-refractivity contribution in [2.75, 3.05) is 0 Å². The van der Waals surface area contributed by atoms with Crippen LogP contribution in [0.2, 0.25) is 0 Å². The third-order valence-corrected chi connectivity index (χ3v) is 11.8. The zero-order chi connectivity index (χ0) is 64.3. The maximum atomic E-state index is 9.97. The molecule has 1 aliphatic carbocycles. The van der Waals surface area contributed by atoms with E-state index in [-0.39, 0.29) is 66.3 Å². The largest absolute Gasteiger partial charge is 0.510 e. The van der Waals surface area contributed by atoms with Crippen LogP contribution >= 0.6 is 0 Å². The Balaban J connectivity index is 0.00000873. The predicted molar refractivity (Wildman–Crippen MR) is 265 cm³/mol. The van der Waals surface area contributed by atoms with E-state index in [4.69, 9.17) is 32.2 Å². The first-order valence-corrected chi connectivity index (χ1v) is 20.8. The molecule has 0 saturated carbocycles. The van der Waals surface area contributed by atoms with Gasteiger partial charge in [0.15, 0.2) is 0 Å². The minimum atomic E-state index is -3.68. The molecule has 0 saturated heterocycles. The normalized spacial score (nSPS) is 20.1. The molecule has 11 rings (SSSR count). The van der Waals surface area contributed by atoms with Crippen LogP contribution in [0.15, 0.2) is 158 Å². The number of imidazole rings is 1. The van der Waals surface area contributed by atoms with Gasteiger partial charge in [0.05, 0.1) is 27.7 Å². The second kappa shape index (κ2) is 16.1. The van der Waals surface area contributed by atoms with Crippen molar-refractivity contribution in [1.29, 1.82) is 0 Å². The van der Waals surface area contributed by atoms with Crippen molar-refractivity contribution >= 4 is 32.8 Å². The first kappa shape index (κ1) is 24.3. The Bertz CT molecular complexity index is 4490. The van der Waals surface area contributed by atoms with Crippen LogP contribution in [-0.2, 0) is 37.3 Å². The Morgan fingerprint density at radius 2 is 1.48 bits per heavy atom. The SMILES string of the molecule is [2H]c1c([2H])c([2H])c(-c2cnc(-n3c4[c-]c(Oc5[c-]c(-n6[c-][n+](-c7c(-c8c([2H])c([2H])c9c(c8[2H])C(C([2H])([2H])[2H])(C([2H])([2H])[2H])CC9(C([2H])([2H])[2H])C([2H])([2H])[2H])cccc7C(C)(C)C)c7ccccc76)ccc5)ccc4c4ccccc43)cc2C([2H])([2H])[2H])c([2H])c1[2H].[Pt]. The van der Waals surface area contributed by atoms with Gasteiger partial charge in [-0.1, -0.05) is 163 Å². The Hall–Kier alpha value is -6.55. The van der Waals surface area contributed by atoms with Crippen molar-refractivity contribution in [3.8, 4) is 50.9 Å². The molecule has 0 aliphatic heterocycles. The Morgan fingerprint density at radius 1 is 0.727 bits per heavy atom. The Labute approximate surface area is 434 Å². The Kier molecular flexibility index (Phi) is 5.93. The molecule has 0 bridgehead atoms. The standard InChI is InChI=1S/C60H52N4O.Pt/c1-39-32-56(61-36-48(39)40-18-10-9-11-19-40)64-52-25-13-12-22-46(52)47-30-29-44(35-55(47)64)65-43-21-16-20-42(34-43)62-38-63(54-27-15-14-26-53(54)62)57-45(23-17-24-50(57)58(2,3)4)41-28-31-49-51(33-41)60(7,8)37-59(49,5)6;/h9-33,36H,37H2,1-8H3;/q-2;/i1D3,5D3,6D3,7D3,8D3,9D,10D,11D,18D,19D,28D,31D,33D;. The molecule has 0 spiro atoms. The number of aromatic nitrogens is 4. The summed E-state index contributed by atoms with van der Waals surface area (Å²) >= 11 is 0. The van der Waals surface area contributed by atoms with Crippen LogP contribution in [0, 0.1) is 25.3 Å². The predicted octanol–water partition coefficient (Wildman–Crippen LogP) is 14.5. The molecule has 0 radical (unpaired) electrons. The summed E-state index contributed by atoms with van der Waals surface area (Å²) in [4.78, 5) is 4.65. The number of hydrogen-bond acceptors (Lipinski definition) is 2. The number of ether oxygens (including phenoxy) is 1. The second-order valence-corrected chi connectivity index (χ2v) is 17.2. The molecule has 0 N–H and O–H groups in total. The summed E-state index contributed by atoms with van der Waals surface area (Å²) in [6, 6.07) is 29.9. The fraction of sp³-hybridized carbons (Fsp3) is 0.200. The monoisotopic (exact) mass is 1060 g/mol. The fourth-order valence-corrected chi connectivity index (χ4v) is 8.82. The zero-order valence-corrected chi connectivity index (χ0v) is 37.9. The van der Waals surface area contributed by atoms with Crippen LogP contribution in [0.4, 0.5) is 0 Å². The summed E-state index contributed by atoms with van der Waals surface area (Å²) in [7, 11) is 0. The molecule has 0 fully saturated rings. The van der Waals surface area contributed by atoms with Crippen LogP contribution in [0.3, 0.4) is 0 Å². The third-order valence-electron chi connectivity index (χ3n) is 11.8. The third kappa shape index (κ3) is 7.29. The quantitative estimate of drug-likeness (QED) is 0.118. The van der Waals surface area contributed by atoms with Crippen LogP contribution in [0.5, 0.6) is 11.5 Å². The van der Waals surface area contributed by atoms with Gasteiger partial charge in [0, 0.05) is 70.4 Å². The molecule has 3 aromatic heterocycles. The minimum Gasteiger partial charge on any atom is -0.510 e. The number of rotatable bonds is 7.